The molecule has 3 rings (SSSR count). The van der Waals surface area contributed by atoms with Gasteiger partial charge in [0.1, 0.15) is 0 Å². The molecule has 2 heterocycles. The van der Waals surface area contributed by atoms with Gasteiger partial charge in [-0.3, -0.25) is 9.88 Å². The van der Waals surface area contributed by atoms with Crippen LogP contribution < -0.4 is 0 Å². The number of benzene rings is 1. The number of aliphatic hydroxyl groups excluding tert-OH is 1. The average molecular weight is 312 g/mol. The molecule has 0 bridgehead atoms. The zero-order valence-corrected chi connectivity index (χ0v) is 13.3. The summed E-state index contributed by atoms with van der Waals surface area (Å²) in [6.45, 7) is 3.89. The summed E-state index contributed by atoms with van der Waals surface area (Å²) in [5.41, 5.74) is 2.44. The van der Waals surface area contributed by atoms with E-state index in [-0.39, 0.29) is 6.10 Å². The number of hydrogen-bond acceptors (Lipinski definition) is 4. The van der Waals surface area contributed by atoms with Crippen molar-refractivity contribution in [1.29, 1.82) is 0 Å². The van der Waals surface area contributed by atoms with Crippen LogP contribution in [0.5, 0.6) is 0 Å². The van der Waals surface area contributed by atoms with Gasteiger partial charge in [-0.1, -0.05) is 30.3 Å². The Hall–Kier alpha value is -1.75. The number of ether oxygens (including phenoxy) is 1. The zero-order valence-electron chi connectivity index (χ0n) is 13.3. The highest BCUT2D eigenvalue weighted by Crippen LogP contribution is 2.21. The van der Waals surface area contributed by atoms with Gasteiger partial charge in [0.2, 0.25) is 0 Å². The zero-order chi connectivity index (χ0) is 15.9. The third-order valence-electron chi connectivity index (χ3n) is 4.39. The SMILES string of the molecule is O[C@H]1CN(CCOCc2ccccc2)C[C@H]1Cc1ccncc1. The molecule has 1 aliphatic heterocycles. The van der Waals surface area contributed by atoms with Crippen molar-refractivity contribution in [3.8, 4) is 0 Å². The van der Waals surface area contributed by atoms with Gasteiger partial charge in [-0.05, 0) is 29.7 Å². The molecule has 4 nitrogen and oxygen atoms in total. The van der Waals surface area contributed by atoms with E-state index in [1.807, 2.05) is 42.7 Å². The molecule has 1 aromatic heterocycles. The van der Waals surface area contributed by atoms with E-state index in [4.69, 9.17) is 4.74 Å². The Morgan fingerprint density at radius 3 is 2.61 bits per heavy atom. The number of likely N-dealkylation sites (tertiary alicyclic amines) is 1. The summed E-state index contributed by atoms with van der Waals surface area (Å²) in [7, 11) is 0. The largest absolute Gasteiger partial charge is 0.391 e. The van der Waals surface area contributed by atoms with Gasteiger partial charge in [0, 0.05) is 37.9 Å². The van der Waals surface area contributed by atoms with Crippen molar-refractivity contribution in [1.82, 2.24) is 9.88 Å². The Bertz CT molecular complexity index is 576. The van der Waals surface area contributed by atoms with E-state index in [0.29, 0.717) is 19.1 Å². The predicted octanol–water partition coefficient (Wildman–Crippen LogP) is 2.13. The first-order chi connectivity index (χ1) is 11.3. The minimum Gasteiger partial charge on any atom is -0.391 e. The van der Waals surface area contributed by atoms with Crippen LogP contribution in [0.2, 0.25) is 0 Å². The van der Waals surface area contributed by atoms with Gasteiger partial charge in [0.15, 0.2) is 0 Å². The lowest BCUT2D eigenvalue weighted by Gasteiger charge is -2.15. The predicted molar refractivity (Wildman–Crippen MR) is 90.0 cm³/mol. The fourth-order valence-corrected chi connectivity index (χ4v) is 3.10. The second kappa shape index (κ2) is 8.20. The monoisotopic (exact) mass is 312 g/mol. The molecule has 2 atom stereocenters. The van der Waals surface area contributed by atoms with Crippen molar-refractivity contribution in [3.05, 3.63) is 66.0 Å². The maximum absolute atomic E-state index is 10.3. The Morgan fingerprint density at radius 2 is 1.83 bits per heavy atom. The van der Waals surface area contributed by atoms with E-state index in [2.05, 4.69) is 22.0 Å². The molecule has 1 aliphatic rings. The summed E-state index contributed by atoms with van der Waals surface area (Å²) in [4.78, 5) is 6.33. The van der Waals surface area contributed by atoms with E-state index >= 15 is 0 Å². The van der Waals surface area contributed by atoms with Gasteiger partial charge in [-0.25, -0.2) is 0 Å². The van der Waals surface area contributed by atoms with Crippen molar-refractivity contribution in [3.63, 3.8) is 0 Å². The van der Waals surface area contributed by atoms with E-state index in [1.54, 1.807) is 0 Å². The molecule has 122 valence electrons. The summed E-state index contributed by atoms with van der Waals surface area (Å²) < 4.78 is 5.74. The van der Waals surface area contributed by atoms with Crippen molar-refractivity contribution < 1.29 is 9.84 Å². The summed E-state index contributed by atoms with van der Waals surface area (Å²) in [6.07, 6.45) is 4.28. The number of aromatic nitrogens is 1. The fourth-order valence-electron chi connectivity index (χ4n) is 3.10. The van der Waals surface area contributed by atoms with Gasteiger partial charge in [-0.2, -0.15) is 0 Å². The van der Waals surface area contributed by atoms with Gasteiger partial charge in [0.25, 0.3) is 0 Å². The van der Waals surface area contributed by atoms with Gasteiger partial charge in [-0.15, -0.1) is 0 Å². The lowest BCUT2D eigenvalue weighted by Crippen LogP contribution is -2.26. The number of nitrogens with zero attached hydrogens (tertiary/aromatic N) is 2. The van der Waals surface area contributed by atoms with Crippen LogP contribution in [0, 0.1) is 5.92 Å². The molecule has 2 aromatic rings. The normalized spacial score (nSPS) is 21.6. The minimum atomic E-state index is -0.253. The van der Waals surface area contributed by atoms with Crippen molar-refractivity contribution >= 4 is 0 Å². The van der Waals surface area contributed by atoms with E-state index in [0.717, 1.165) is 26.1 Å². The third-order valence-corrected chi connectivity index (χ3v) is 4.39. The van der Waals surface area contributed by atoms with E-state index < -0.39 is 0 Å². The highest BCUT2D eigenvalue weighted by atomic mass is 16.5. The van der Waals surface area contributed by atoms with Crippen LogP contribution in [0.3, 0.4) is 0 Å². The topological polar surface area (TPSA) is 45.6 Å². The van der Waals surface area contributed by atoms with Crippen LogP contribution in [0.25, 0.3) is 0 Å². The van der Waals surface area contributed by atoms with Crippen LogP contribution >= 0.6 is 0 Å². The Morgan fingerprint density at radius 1 is 1.04 bits per heavy atom. The summed E-state index contributed by atoms with van der Waals surface area (Å²) in [5.74, 6) is 0.298. The lowest BCUT2D eigenvalue weighted by atomic mass is 9.97. The molecule has 0 saturated carbocycles. The van der Waals surface area contributed by atoms with Gasteiger partial charge in [0.05, 0.1) is 19.3 Å². The van der Waals surface area contributed by atoms with Crippen molar-refractivity contribution in [2.75, 3.05) is 26.2 Å². The van der Waals surface area contributed by atoms with Gasteiger partial charge >= 0.3 is 0 Å². The lowest BCUT2D eigenvalue weighted by molar-refractivity contribution is 0.0935. The molecule has 0 radical (unpaired) electrons. The maximum atomic E-state index is 10.3. The number of pyridine rings is 1. The van der Waals surface area contributed by atoms with Crippen molar-refractivity contribution in [2.24, 2.45) is 5.92 Å². The maximum Gasteiger partial charge on any atom is 0.0717 e. The van der Waals surface area contributed by atoms with Crippen LogP contribution in [-0.2, 0) is 17.8 Å². The van der Waals surface area contributed by atoms with Crippen LogP contribution in [0.1, 0.15) is 11.1 Å². The number of hydrogen-bond donors (Lipinski definition) is 1. The van der Waals surface area contributed by atoms with E-state index in [1.165, 1.54) is 11.1 Å². The molecule has 23 heavy (non-hydrogen) atoms. The molecule has 0 spiro atoms. The third kappa shape index (κ3) is 4.86. The molecule has 0 aliphatic carbocycles. The Balaban J connectivity index is 1.38. The highest BCUT2D eigenvalue weighted by Gasteiger charge is 2.30. The summed E-state index contributed by atoms with van der Waals surface area (Å²) >= 11 is 0. The molecule has 0 amide bonds. The number of aliphatic hydroxyl groups is 1. The first kappa shape index (κ1) is 16.1. The number of β-amino-alcohol motifs (C(OH)–C–C–N with tert-alkyl or cyclic N) is 1. The van der Waals surface area contributed by atoms with Gasteiger partial charge < -0.3 is 9.84 Å². The minimum absolute atomic E-state index is 0.253. The molecule has 1 N–H and O–H groups in total. The fraction of sp³-hybridized carbons (Fsp3) is 0.421. The average Bonchev–Trinajstić information content (AvgIpc) is 2.93. The molecule has 4 heteroatoms. The Kier molecular flexibility index (Phi) is 5.75. The summed E-state index contributed by atoms with van der Waals surface area (Å²) in [6, 6.07) is 14.3. The standard InChI is InChI=1S/C19H24N2O2/c22-19-14-21(10-11-23-15-17-4-2-1-3-5-17)13-18(19)12-16-6-8-20-9-7-16/h1-9,18-19,22H,10-15H2/t18-,19+/m1/s1. The molecule has 1 saturated heterocycles. The van der Waals surface area contributed by atoms with Crippen LogP contribution in [-0.4, -0.2) is 47.3 Å². The van der Waals surface area contributed by atoms with Crippen molar-refractivity contribution in [2.45, 2.75) is 19.1 Å². The molecular formula is C19H24N2O2. The first-order valence-electron chi connectivity index (χ1n) is 8.22. The smallest absolute Gasteiger partial charge is 0.0717 e. The van der Waals surface area contributed by atoms with E-state index in [9.17, 15) is 5.11 Å². The highest BCUT2D eigenvalue weighted by molar-refractivity contribution is 5.13. The molecule has 0 unspecified atom stereocenters. The number of rotatable bonds is 7. The molecule has 1 aromatic carbocycles. The Labute approximate surface area is 137 Å². The second-order valence-electron chi connectivity index (χ2n) is 6.18. The molecular weight excluding hydrogens is 288 g/mol. The van der Waals surface area contributed by atoms with Crippen LogP contribution in [0.4, 0.5) is 0 Å². The molecule has 1 fully saturated rings. The summed E-state index contributed by atoms with van der Waals surface area (Å²) in [5, 5.41) is 10.3. The van der Waals surface area contributed by atoms with Crippen LogP contribution in [0.15, 0.2) is 54.9 Å². The first-order valence-corrected chi connectivity index (χ1v) is 8.22. The quantitative estimate of drug-likeness (QED) is 0.796. The second-order valence-corrected chi connectivity index (χ2v) is 6.18.